The summed E-state index contributed by atoms with van der Waals surface area (Å²) in [6.45, 7) is 0. The van der Waals surface area contributed by atoms with Crippen molar-refractivity contribution in [3.8, 4) is 67.4 Å². The van der Waals surface area contributed by atoms with Gasteiger partial charge in [-0.2, -0.15) is 0 Å². The molecule has 0 N–H and O–H groups in total. The minimum absolute atomic E-state index is 0.701. The van der Waals surface area contributed by atoms with Crippen LogP contribution in [-0.2, 0) is 0 Å². The van der Waals surface area contributed by atoms with Crippen LogP contribution < -0.4 is 0 Å². The van der Waals surface area contributed by atoms with Crippen LogP contribution in [0.2, 0.25) is 0 Å². The van der Waals surface area contributed by atoms with Gasteiger partial charge >= 0.3 is 0 Å². The normalized spacial score (nSPS) is 11.6. The summed E-state index contributed by atoms with van der Waals surface area (Å²) in [7, 11) is 0. The van der Waals surface area contributed by atoms with Gasteiger partial charge in [0, 0.05) is 54.7 Å². The smallest absolute Gasteiger partial charge is 0.160 e. The molecule has 0 spiro atoms. The number of pyridine rings is 1. The minimum atomic E-state index is 0.701. The molecule has 0 atom stereocenters. The molecule has 0 aliphatic heterocycles. The Morgan fingerprint density at radius 3 is 1.61 bits per heavy atom. The van der Waals surface area contributed by atoms with Crippen molar-refractivity contribution >= 4 is 54.4 Å². The Labute approximate surface area is 352 Å². The second kappa shape index (κ2) is 14.3. The Hall–Kier alpha value is -8.21. The Bertz CT molecular complexity index is 3560. The molecule has 61 heavy (non-hydrogen) atoms. The van der Waals surface area contributed by atoms with E-state index in [1.54, 1.807) is 0 Å². The molecule has 284 valence electrons. The maximum Gasteiger partial charge on any atom is 0.160 e. The van der Waals surface area contributed by atoms with Crippen LogP contribution in [-0.4, -0.2) is 15.0 Å². The zero-order valence-electron chi connectivity index (χ0n) is 33.0. The predicted octanol–water partition coefficient (Wildman–Crippen LogP) is 15.2. The molecule has 0 unspecified atom stereocenters. The van der Waals surface area contributed by atoms with Crippen LogP contribution >= 0.6 is 0 Å². The molecule has 0 bridgehead atoms. The molecule has 0 aliphatic rings. The van der Waals surface area contributed by atoms with Gasteiger partial charge < -0.3 is 4.42 Å². The van der Waals surface area contributed by atoms with Crippen molar-refractivity contribution < 1.29 is 4.42 Å². The highest BCUT2D eigenvalue weighted by Gasteiger charge is 2.22. The molecule has 4 heteroatoms. The molecule has 3 heterocycles. The topological polar surface area (TPSA) is 51.8 Å². The Balaban J connectivity index is 1.02. The zero-order chi connectivity index (χ0) is 40.3. The molecular weight excluding hydrogens is 743 g/mol. The molecule has 0 radical (unpaired) electrons. The average molecular weight is 778 g/mol. The average Bonchev–Trinajstić information content (AvgIpc) is 3.71. The van der Waals surface area contributed by atoms with Gasteiger partial charge in [-0.3, -0.25) is 0 Å². The first-order valence-electron chi connectivity index (χ1n) is 20.6. The standard InChI is InChI=1S/C57H35N3O/c1-4-16-37(17-5-1)49-35-50(60-57(59-49)40-20-8-3-9-21-40)44-33-32-41(42-22-10-11-23-43(42)44)36-28-30-39(31-29-36)56-47-34-52-55(46-25-13-15-27-51(46)61-52)53(38-18-6-2-7-19-38)54(47)45-24-12-14-26-48(45)58-56/h1-35H. The number of rotatable bonds is 6. The lowest BCUT2D eigenvalue weighted by Gasteiger charge is -2.16. The predicted molar refractivity (Wildman–Crippen MR) is 252 cm³/mol. The summed E-state index contributed by atoms with van der Waals surface area (Å²) in [5, 5.41) is 7.86. The van der Waals surface area contributed by atoms with E-state index < -0.39 is 0 Å². The summed E-state index contributed by atoms with van der Waals surface area (Å²) in [6, 6.07) is 74.3. The van der Waals surface area contributed by atoms with Gasteiger partial charge in [0.1, 0.15) is 11.2 Å². The van der Waals surface area contributed by atoms with Crippen molar-refractivity contribution in [2.24, 2.45) is 0 Å². The number of benzene rings is 9. The van der Waals surface area contributed by atoms with Crippen LogP contribution in [0, 0.1) is 0 Å². The van der Waals surface area contributed by atoms with Gasteiger partial charge in [-0.05, 0) is 51.7 Å². The molecule has 3 aromatic heterocycles. The van der Waals surface area contributed by atoms with Gasteiger partial charge in [0.25, 0.3) is 0 Å². The fourth-order valence-corrected chi connectivity index (χ4v) is 9.07. The highest BCUT2D eigenvalue weighted by Crippen LogP contribution is 2.46. The van der Waals surface area contributed by atoms with Gasteiger partial charge in [-0.1, -0.05) is 188 Å². The maximum atomic E-state index is 6.61. The summed E-state index contributed by atoms with van der Waals surface area (Å²) in [5.41, 5.74) is 14.1. The van der Waals surface area contributed by atoms with Crippen LogP contribution in [0.3, 0.4) is 0 Å². The second-order valence-electron chi connectivity index (χ2n) is 15.5. The molecular formula is C57H35N3O. The van der Waals surface area contributed by atoms with E-state index in [0.29, 0.717) is 5.82 Å². The van der Waals surface area contributed by atoms with E-state index >= 15 is 0 Å². The maximum absolute atomic E-state index is 6.61. The zero-order valence-corrected chi connectivity index (χ0v) is 33.0. The molecule has 0 aliphatic carbocycles. The fraction of sp³-hybridized carbons (Fsp3) is 0. The van der Waals surface area contributed by atoms with Crippen LogP contribution in [0.1, 0.15) is 0 Å². The van der Waals surface area contributed by atoms with Crippen molar-refractivity contribution in [1.29, 1.82) is 0 Å². The third kappa shape index (κ3) is 5.88. The number of para-hydroxylation sites is 2. The minimum Gasteiger partial charge on any atom is -0.456 e. The summed E-state index contributed by atoms with van der Waals surface area (Å²) in [6.07, 6.45) is 0. The molecule has 12 aromatic rings. The molecule has 0 saturated heterocycles. The number of fused-ring (bicyclic) bond motifs is 7. The monoisotopic (exact) mass is 777 g/mol. The highest BCUT2D eigenvalue weighted by atomic mass is 16.3. The van der Waals surface area contributed by atoms with Crippen molar-refractivity contribution in [2.45, 2.75) is 0 Å². The molecule has 12 rings (SSSR count). The summed E-state index contributed by atoms with van der Waals surface area (Å²) in [5.74, 6) is 0.701. The Morgan fingerprint density at radius 1 is 0.311 bits per heavy atom. The number of aromatic nitrogens is 3. The molecule has 0 fully saturated rings. The van der Waals surface area contributed by atoms with E-state index in [4.69, 9.17) is 19.4 Å². The van der Waals surface area contributed by atoms with Gasteiger partial charge in [0.2, 0.25) is 0 Å². The van der Waals surface area contributed by atoms with Crippen LogP contribution in [0.25, 0.3) is 122 Å². The number of furan rings is 1. The first kappa shape index (κ1) is 34.8. The van der Waals surface area contributed by atoms with E-state index in [-0.39, 0.29) is 0 Å². The summed E-state index contributed by atoms with van der Waals surface area (Å²) >= 11 is 0. The highest BCUT2D eigenvalue weighted by molar-refractivity contribution is 6.27. The van der Waals surface area contributed by atoms with Gasteiger partial charge in [-0.15, -0.1) is 0 Å². The number of nitrogens with zero attached hydrogens (tertiary/aromatic N) is 3. The second-order valence-corrected chi connectivity index (χ2v) is 15.5. The van der Waals surface area contributed by atoms with Crippen molar-refractivity contribution in [3.05, 3.63) is 212 Å². The quantitative estimate of drug-likeness (QED) is 0.158. The van der Waals surface area contributed by atoms with Crippen LogP contribution in [0.15, 0.2) is 217 Å². The van der Waals surface area contributed by atoms with Crippen molar-refractivity contribution in [2.75, 3.05) is 0 Å². The van der Waals surface area contributed by atoms with E-state index in [9.17, 15) is 0 Å². The Kier molecular flexibility index (Phi) is 8.13. The molecule has 4 nitrogen and oxygen atoms in total. The van der Waals surface area contributed by atoms with E-state index in [0.717, 1.165) is 111 Å². The lowest BCUT2D eigenvalue weighted by atomic mass is 9.89. The van der Waals surface area contributed by atoms with Crippen LogP contribution in [0.4, 0.5) is 0 Å². The lowest BCUT2D eigenvalue weighted by Crippen LogP contribution is -1.96. The van der Waals surface area contributed by atoms with Crippen molar-refractivity contribution in [3.63, 3.8) is 0 Å². The van der Waals surface area contributed by atoms with Crippen molar-refractivity contribution in [1.82, 2.24) is 15.0 Å². The summed E-state index contributed by atoms with van der Waals surface area (Å²) < 4.78 is 6.61. The first-order chi connectivity index (χ1) is 30.2. The fourth-order valence-electron chi connectivity index (χ4n) is 9.07. The first-order valence-corrected chi connectivity index (χ1v) is 20.6. The van der Waals surface area contributed by atoms with E-state index in [2.05, 4.69) is 182 Å². The summed E-state index contributed by atoms with van der Waals surface area (Å²) in [4.78, 5) is 15.6. The number of hydrogen-bond acceptors (Lipinski definition) is 4. The van der Waals surface area contributed by atoms with E-state index in [1.165, 1.54) is 5.39 Å². The molecule has 9 aromatic carbocycles. The Morgan fingerprint density at radius 2 is 0.869 bits per heavy atom. The SMILES string of the molecule is c1ccc(-c2cc(-c3ccc(-c4ccc(-c5nc6ccccc6c6c(-c7ccccc7)c7c(cc56)oc5ccccc57)cc4)c4ccccc34)nc(-c3ccccc3)n2)cc1. The largest absolute Gasteiger partial charge is 0.456 e. The number of hydrogen-bond donors (Lipinski definition) is 0. The molecule has 0 amide bonds. The van der Waals surface area contributed by atoms with Crippen LogP contribution in [0.5, 0.6) is 0 Å². The molecule has 0 saturated carbocycles. The lowest BCUT2D eigenvalue weighted by molar-refractivity contribution is 0.669. The van der Waals surface area contributed by atoms with Gasteiger partial charge in [0.05, 0.1) is 22.6 Å². The third-order valence-corrected chi connectivity index (χ3v) is 11.9. The van der Waals surface area contributed by atoms with E-state index in [1.807, 2.05) is 30.3 Å². The third-order valence-electron chi connectivity index (χ3n) is 11.9. The van der Waals surface area contributed by atoms with Gasteiger partial charge in [-0.25, -0.2) is 15.0 Å². The van der Waals surface area contributed by atoms with Gasteiger partial charge in [0.15, 0.2) is 5.82 Å².